The molecule has 5 heteroatoms. The third kappa shape index (κ3) is 2.70. The molecule has 4 nitrogen and oxygen atoms in total. The van der Waals surface area contributed by atoms with Gasteiger partial charge in [0, 0.05) is 11.9 Å². The Kier molecular flexibility index (Phi) is 3.05. The van der Waals surface area contributed by atoms with Crippen molar-refractivity contribution in [2.45, 2.75) is 24.0 Å². The van der Waals surface area contributed by atoms with E-state index in [0.717, 1.165) is 10.7 Å². The molecule has 0 bridgehead atoms. The lowest BCUT2D eigenvalue weighted by atomic mass is 10.3. The predicted octanol–water partition coefficient (Wildman–Crippen LogP) is 2.22. The van der Waals surface area contributed by atoms with Crippen molar-refractivity contribution in [2.24, 2.45) is 0 Å². The summed E-state index contributed by atoms with van der Waals surface area (Å²) in [6, 6.07) is 5.70. The molecule has 0 aromatic carbocycles. The van der Waals surface area contributed by atoms with Gasteiger partial charge in [-0.05, 0) is 49.4 Å². The summed E-state index contributed by atoms with van der Waals surface area (Å²) < 4.78 is 0. The van der Waals surface area contributed by atoms with Crippen LogP contribution >= 0.6 is 11.8 Å². The van der Waals surface area contributed by atoms with E-state index in [1.165, 1.54) is 17.3 Å². The molecule has 0 saturated heterocycles. The van der Waals surface area contributed by atoms with E-state index in [2.05, 4.69) is 15.0 Å². The second kappa shape index (κ2) is 4.49. The van der Waals surface area contributed by atoms with Gasteiger partial charge in [-0.15, -0.1) is 0 Å². The molecule has 0 radical (unpaired) electrons. The Morgan fingerprint density at radius 1 is 1.19 bits per heavy atom. The summed E-state index contributed by atoms with van der Waals surface area (Å²) in [5.41, 5.74) is 7.76. The summed E-state index contributed by atoms with van der Waals surface area (Å²) in [5, 5.41) is 1.51. The van der Waals surface area contributed by atoms with Gasteiger partial charge in [-0.1, -0.05) is 0 Å². The molecule has 2 N–H and O–H groups in total. The molecule has 2 aromatic heterocycles. The van der Waals surface area contributed by atoms with Crippen molar-refractivity contribution in [3.8, 4) is 0 Å². The predicted molar refractivity (Wildman–Crippen MR) is 64.3 cm³/mol. The smallest absolute Gasteiger partial charge is 0.195 e. The van der Waals surface area contributed by atoms with Gasteiger partial charge in [-0.3, -0.25) is 0 Å². The molecular formula is C11H12N4S. The number of hydrogen-bond donors (Lipinski definition) is 1. The highest BCUT2D eigenvalue weighted by molar-refractivity contribution is 7.99. The lowest BCUT2D eigenvalue weighted by Crippen LogP contribution is -1.94. The highest BCUT2D eigenvalue weighted by Crippen LogP contribution is 2.23. The molecule has 2 rings (SSSR count). The van der Waals surface area contributed by atoms with Gasteiger partial charge in [0.05, 0.1) is 0 Å². The summed E-state index contributed by atoms with van der Waals surface area (Å²) >= 11 is 1.42. The van der Waals surface area contributed by atoms with Crippen LogP contribution in [0, 0.1) is 13.8 Å². The molecule has 0 aliphatic carbocycles. The van der Waals surface area contributed by atoms with Crippen LogP contribution in [0.2, 0.25) is 0 Å². The number of nitrogen functional groups attached to an aromatic ring is 1. The number of hydrogen-bond acceptors (Lipinski definition) is 5. The second-order valence-electron chi connectivity index (χ2n) is 3.49. The molecule has 0 atom stereocenters. The second-order valence-corrected chi connectivity index (χ2v) is 4.48. The minimum absolute atomic E-state index is 0.474. The van der Waals surface area contributed by atoms with Crippen LogP contribution in [0.1, 0.15) is 11.3 Å². The lowest BCUT2D eigenvalue weighted by molar-refractivity contribution is 0.962. The maximum atomic E-state index is 5.59. The van der Waals surface area contributed by atoms with E-state index < -0.39 is 0 Å². The number of nitrogens with zero attached hydrogens (tertiary/aromatic N) is 3. The van der Waals surface area contributed by atoms with Crippen molar-refractivity contribution in [1.82, 2.24) is 15.0 Å². The highest BCUT2D eigenvalue weighted by Gasteiger charge is 2.03. The summed E-state index contributed by atoms with van der Waals surface area (Å²) in [4.78, 5) is 12.6. The zero-order valence-electron chi connectivity index (χ0n) is 9.14. The zero-order chi connectivity index (χ0) is 11.5. The number of aryl methyl sites for hydroxylation is 2. The van der Waals surface area contributed by atoms with E-state index in [1.54, 1.807) is 12.3 Å². The minimum Gasteiger partial charge on any atom is -0.384 e. The van der Waals surface area contributed by atoms with Gasteiger partial charge < -0.3 is 5.73 Å². The lowest BCUT2D eigenvalue weighted by Gasteiger charge is -2.02. The Hall–Kier alpha value is -1.62. The average Bonchev–Trinajstić information content (AvgIpc) is 2.15. The van der Waals surface area contributed by atoms with Crippen LogP contribution in [-0.4, -0.2) is 15.0 Å². The SMILES string of the molecule is Cc1cc(C)nc(Sc2nccc(N)n2)c1. The first-order valence-corrected chi connectivity index (χ1v) is 5.67. The van der Waals surface area contributed by atoms with Crippen molar-refractivity contribution in [3.63, 3.8) is 0 Å². The molecule has 16 heavy (non-hydrogen) atoms. The molecule has 0 spiro atoms. The van der Waals surface area contributed by atoms with E-state index in [1.807, 2.05) is 26.0 Å². The van der Waals surface area contributed by atoms with Crippen LogP contribution < -0.4 is 5.73 Å². The summed E-state index contributed by atoms with van der Waals surface area (Å²) in [5.74, 6) is 0.474. The first-order valence-electron chi connectivity index (χ1n) is 4.85. The molecule has 0 saturated carbocycles. The molecular weight excluding hydrogens is 220 g/mol. The standard InChI is InChI=1S/C11H12N4S/c1-7-5-8(2)14-10(6-7)16-11-13-4-3-9(12)15-11/h3-6H,1-2H3,(H2,12,13,15). The Balaban J connectivity index is 2.27. The monoisotopic (exact) mass is 232 g/mol. The quantitative estimate of drug-likeness (QED) is 0.804. The van der Waals surface area contributed by atoms with Crippen LogP contribution in [0.4, 0.5) is 5.82 Å². The third-order valence-electron chi connectivity index (χ3n) is 1.93. The number of rotatable bonds is 2. The molecule has 2 aromatic rings. The Labute approximate surface area is 98.3 Å². The van der Waals surface area contributed by atoms with Gasteiger partial charge >= 0.3 is 0 Å². The first-order chi connectivity index (χ1) is 7.63. The summed E-state index contributed by atoms with van der Waals surface area (Å²) in [6.45, 7) is 4.01. The maximum Gasteiger partial charge on any atom is 0.195 e. The van der Waals surface area contributed by atoms with Crippen LogP contribution in [-0.2, 0) is 0 Å². The largest absolute Gasteiger partial charge is 0.384 e. The fourth-order valence-electron chi connectivity index (χ4n) is 1.35. The minimum atomic E-state index is 0.474. The molecule has 0 fully saturated rings. The Morgan fingerprint density at radius 3 is 2.69 bits per heavy atom. The topological polar surface area (TPSA) is 64.7 Å². The van der Waals surface area contributed by atoms with Crippen molar-refractivity contribution in [2.75, 3.05) is 5.73 Å². The van der Waals surface area contributed by atoms with Gasteiger partial charge in [0.2, 0.25) is 0 Å². The van der Waals surface area contributed by atoms with E-state index >= 15 is 0 Å². The molecule has 0 amide bonds. The number of anilines is 1. The van der Waals surface area contributed by atoms with Crippen LogP contribution in [0.5, 0.6) is 0 Å². The zero-order valence-corrected chi connectivity index (χ0v) is 9.95. The normalized spacial score (nSPS) is 10.4. The molecule has 82 valence electrons. The van der Waals surface area contributed by atoms with Crippen molar-refractivity contribution in [3.05, 3.63) is 35.7 Å². The number of aromatic nitrogens is 3. The van der Waals surface area contributed by atoms with Gasteiger partial charge in [-0.25, -0.2) is 15.0 Å². The number of nitrogens with two attached hydrogens (primary N) is 1. The third-order valence-corrected chi connectivity index (χ3v) is 2.72. The van der Waals surface area contributed by atoms with Crippen LogP contribution in [0.25, 0.3) is 0 Å². The first kappa shape index (κ1) is 10.9. The molecule has 0 aliphatic rings. The van der Waals surface area contributed by atoms with E-state index in [4.69, 9.17) is 5.73 Å². The maximum absolute atomic E-state index is 5.59. The number of pyridine rings is 1. The van der Waals surface area contributed by atoms with E-state index in [0.29, 0.717) is 11.0 Å². The fourth-order valence-corrected chi connectivity index (χ4v) is 2.24. The van der Waals surface area contributed by atoms with Gasteiger partial charge in [0.15, 0.2) is 5.16 Å². The van der Waals surface area contributed by atoms with Crippen LogP contribution in [0.15, 0.2) is 34.6 Å². The summed E-state index contributed by atoms with van der Waals surface area (Å²) in [6.07, 6.45) is 1.65. The van der Waals surface area contributed by atoms with E-state index in [-0.39, 0.29) is 0 Å². The van der Waals surface area contributed by atoms with Crippen molar-refractivity contribution < 1.29 is 0 Å². The average molecular weight is 232 g/mol. The van der Waals surface area contributed by atoms with Gasteiger partial charge in [0.25, 0.3) is 0 Å². The molecule has 0 unspecified atom stereocenters. The van der Waals surface area contributed by atoms with Crippen molar-refractivity contribution >= 4 is 17.6 Å². The summed E-state index contributed by atoms with van der Waals surface area (Å²) in [7, 11) is 0. The van der Waals surface area contributed by atoms with Crippen LogP contribution in [0.3, 0.4) is 0 Å². The Bertz CT molecular complexity index is 493. The highest BCUT2D eigenvalue weighted by atomic mass is 32.2. The Morgan fingerprint density at radius 2 is 2.00 bits per heavy atom. The molecule has 0 aliphatic heterocycles. The van der Waals surface area contributed by atoms with Gasteiger partial charge in [0.1, 0.15) is 10.8 Å². The van der Waals surface area contributed by atoms with Crippen molar-refractivity contribution in [1.29, 1.82) is 0 Å². The molecule has 2 heterocycles. The fraction of sp³-hybridized carbons (Fsp3) is 0.182. The van der Waals surface area contributed by atoms with Gasteiger partial charge in [-0.2, -0.15) is 0 Å². The van der Waals surface area contributed by atoms with E-state index in [9.17, 15) is 0 Å².